The second-order valence-electron chi connectivity index (χ2n) is 2.74. The van der Waals surface area contributed by atoms with Crippen LogP contribution in [0.15, 0.2) is 0 Å². The standard InChI is InChI=1S/C7H14.H2IN/c1-7-5-3-2-4-6-7;1-2/h7H,2-6H2,1H3;2H2. The van der Waals surface area contributed by atoms with Gasteiger partial charge >= 0.3 is 0 Å². The fourth-order valence-electron chi connectivity index (χ4n) is 1.31. The average molecular weight is 241 g/mol. The van der Waals surface area contributed by atoms with E-state index in [-0.39, 0.29) is 0 Å². The molecule has 0 aliphatic heterocycles. The minimum atomic E-state index is 1.04. The highest BCUT2D eigenvalue weighted by Gasteiger charge is 2.05. The van der Waals surface area contributed by atoms with Crippen molar-refractivity contribution in [2.45, 2.75) is 39.0 Å². The van der Waals surface area contributed by atoms with Crippen LogP contribution in [-0.4, -0.2) is 0 Å². The third-order valence-corrected chi connectivity index (χ3v) is 1.89. The van der Waals surface area contributed by atoms with Crippen LogP contribution in [-0.2, 0) is 0 Å². The molecule has 0 saturated heterocycles. The van der Waals surface area contributed by atoms with E-state index in [1.54, 1.807) is 22.9 Å². The Kier molecular flexibility index (Phi) is 7.33. The molecule has 0 spiro atoms. The monoisotopic (exact) mass is 241 g/mol. The summed E-state index contributed by atoms with van der Waals surface area (Å²) in [6, 6.07) is 0. The Balaban J connectivity index is 0.000000291. The van der Waals surface area contributed by atoms with E-state index in [2.05, 4.69) is 10.9 Å². The van der Waals surface area contributed by atoms with Crippen molar-refractivity contribution in [1.82, 2.24) is 0 Å². The Bertz CT molecular complexity index is 50.9. The van der Waals surface area contributed by atoms with Gasteiger partial charge in [-0.15, -0.1) is 0 Å². The molecule has 0 heterocycles. The molecule has 1 fully saturated rings. The number of halogens is 1. The SMILES string of the molecule is CC1CCCCC1.NI. The summed E-state index contributed by atoms with van der Waals surface area (Å²) in [4.78, 5) is 0. The van der Waals surface area contributed by atoms with Gasteiger partial charge in [0, 0.05) is 22.9 Å². The molecule has 1 saturated carbocycles. The highest BCUT2D eigenvalue weighted by molar-refractivity contribution is 14.1. The zero-order chi connectivity index (χ0) is 7.11. The van der Waals surface area contributed by atoms with Crippen molar-refractivity contribution in [3.05, 3.63) is 0 Å². The third kappa shape index (κ3) is 5.15. The van der Waals surface area contributed by atoms with E-state index in [4.69, 9.17) is 0 Å². The van der Waals surface area contributed by atoms with Gasteiger partial charge in [-0.25, -0.2) is 0 Å². The lowest BCUT2D eigenvalue weighted by atomic mass is 9.91. The molecule has 2 heteroatoms. The van der Waals surface area contributed by atoms with Crippen LogP contribution in [0.1, 0.15) is 39.0 Å². The summed E-state index contributed by atoms with van der Waals surface area (Å²) >= 11 is 1.65. The summed E-state index contributed by atoms with van der Waals surface area (Å²) in [6.45, 7) is 2.36. The van der Waals surface area contributed by atoms with Gasteiger partial charge in [0.15, 0.2) is 0 Å². The number of hydrogen-bond acceptors (Lipinski definition) is 1. The molecule has 0 unspecified atom stereocenters. The first-order chi connectivity index (χ1) is 4.39. The van der Waals surface area contributed by atoms with E-state index < -0.39 is 0 Å². The quantitative estimate of drug-likeness (QED) is 0.512. The largest absolute Gasteiger partial charge is 0.275 e. The van der Waals surface area contributed by atoms with Gasteiger partial charge in [0.25, 0.3) is 0 Å². The van der Waals surface area contributed by atoms with E-state index in [9.17, 15) is 0 Å². The topological polar surface area (TPSA) is 26.0 Å². The van der Waals surface area contributed by atoms with Crippen molar-refractivity contribution >= 4 is 22.9 Å². The van der Waals surface area contributed by atoms with Gasteiger partial charge in [0.2, 0.25) is 0 Å². The summed E-state index contributed by atoms with van der Waals surface area (Å²) in [7, 11) is 0. The molecule has 0 aromatic heterocycles. The molecule has 1 aliphatic rings. The van der Waals surface area contributed by atoms with Gasteiger partial charge in [-0.2, -0.15) is 0 Å². The lowest BCUT2D eigenvalue weighted by Crippen LogP contribution is -1.99. The Morgan fingerprint density at radius 2 is 1.56 bits per heavy atom. The second kappa shape index (κ2) is 6.81. The molecule has 1 rings (SSSR count). The number of nitrogens with two attached hydrogens (primary N) is 1. The minimum absolute atomic E-state index is 1.04. The number of hydrogen-bond donors (Lipinski definition) is 1. The van der Waals surface area contributed by atoms with Crippen LogP contribution < -0.4 is 3.95 Å². The molecule has 0 atom stereocenters. The lowest BCUT2D eigenvalue weighted by Gasteiger charge is -2.15. The van der Waals surface area contributed by atoms with Gasteiger partial charge in [-0.3, -0.25) is 3.95 Å². The first kappa shape index (κ1) is 9.69. The third-order valence-electron chi connectivity index (χ3n) is 1.89. The van der Waals surface area contributed by atoms with E-state index in [1.165, 1.54) is 32.1 Å². The Labute approximate surface area is 71.9 Å². The van der Waals surface area contributed by atoms with E-state index in [1.807, 2.05) is 0 Å². The highest BCUT2D eigenvalue weighted by atomic mass is 127. The second-order valence-corrected chi connectivity index (χ2v) is 2.74. The summed E-state index contributed by atoms with van der Waals surface area (Å²) in [6.07, 6.45) is 7.44. The molecule has 0 radical (unpaired) electrons. The van der Waals surface area contributed by atoms with Crippen molar-refractivity contribution in [2.24, 2.45) is 9.86 Å². The van der Waals surface area contributed by atoms with Crippen LogP contribution in [0.5, 0.6) is 0 Å². The van der Waals surface area contributed by atoms with Gasteiger partial charge in [0.1, 0.15) is 0 Å². The van der Waals surface area contributed by atoms with Gasteiger partial charge < -0.3 is 0 Å². The van der Waals surface area contributed by atoms with Gasteiger partial charge in [-0.05, 0) is 5.92 Å². The van der Waals surface area contributed by atoms with E-state index in [0.29, 0.717) is 0 Å². The maximum Gasteiger partial charge on any atom is 0.0137 e. The van der Waals surface area contributed by atoms with Crippen LogP contribution in [0.3, 0.4) is 0 Å². The predicted molar refractivity (Wildman–Crippen MR) is 50.5 cm³/mol. The summed E-state index contributed by atoms with van der Waals surface area (Å²) < 4.78 is 4.47. The normalized spacial score (nSPS) is 20.3. The van der Waals surface area contributed by atoms with E-state index in [0.717, 1.165) is 5.92 Å². The molecule has 1 aliphatic carbocycles. The number of rotatable bonds is 0. The first-order valence-electron chi connectivity index (χ1n) is 3.61. The van der Waals surface area contributed by atoms with E-state index >= 15 is 0 Å². The molecule has 2 N–H and O–H groups in total. The summed E-state index contributed by atoms with van der Waals surface area (Å²) in [5.74, 6) is 1.04. The van der Waals surface area contributed by atoms with Crippen LogP contribution in [0.25, 0.3) is 0 Å². The molecule has 1 nitrogen and oxygen atoms in total. The molecule has 0 amide bonds. The van der Waals surface area contributed by atoms with Crippen LogP contribution >= 0.6 is 22.9 Å². The predicted octanol–water partition coefficient (Wildman–Crippen LogP) is 2.88. The Hall–Kier alpha value is 0.690. The summed E-state index contributed by atoms with van der Waals surface area (Å²) in [5, 5.41) is 0. The first-order valence-corrected chi connectivity index (χ1v) is 4.86. The van der Waals surface area contributed by atoms with Crippen molar-refractivity contribution in [1.29, 1.82) is 0 Å². The fraction of sp³-hybridized carbons (Fsp3) is 1.00. The zero-order valence-corrected chi connectivity index (χ0v) is 8.23. The van der Waals surface area contributed by atoms with Gasteiger partial charge in [0.05, 0.1) is 0 Å². The molecule has 0 aromatic carbocycles. The minimum Gasteiger partial charge on any atom is -0.275 e. The maximum absolute atomic E-state index is 4.47. The maximum atomic E-state index is 4.47. The van der Waals surface area contributed by atoms with Crippen LogP contribution in [0, 0.1) is 5.92 Å². The summed E-state index contributed by atoms with van der Waals surface area (Å²) in [5.41, 5.74) is 0. The fourth-order valence-corrected chi connectivity index (χ4v) is 1.31. The van der Waals surface area contributed by atoms with Crippen molar-refractivity contribution in [2.75, 3.05) is 0 Å². The zero-order valence-electron chi connectivity index (χ0n) is 6.07. The molecule has 56 valence electrons. The Morgan fingerprint density at radius 3 is 1.78 bits per heavy atom. The molecular formula is C7H16IN. The van der Waals surface area contributed by atoms with Crippen LogP contribution in [0.2, 0.25) is 0 Å². The Morgan fingerprint density at radius 1 is 1.11 bits per heavy atom. The molecule has 9 heavy (non-hydrogen) atoms. The molecular weight excluding hydrogens is 225 g/mol. The van der Waals surface area contributed by atoms with Crippen molar-refractivity contribution in [3.8, 4) is 0 Å². The lowest BCUT2D eigenvalue weighted by molar-refractivity contribution is 0.385. The molecule has 0 bridgehead atoms. The van der Waals surface area contributed by atoms with Gasteiger partial charge in [-0.1, -0.05) is 39.0 Å². The molecule has 0 aromatic rings. The van der Waals surface area contributed by atoms with Crippen molar-refractivity contribution in [3.63, 3.8) is 0 Å². The van der Waals surface area contributed by atoms with Crippen LogP contribution in [0.4, 0.5) is 0 Å². The average Bonchev–Trinajstić information content (AvgIpc) is 1.94. The smallest absolute Gasteiger partial charge is 0.0137 e. The van der Waals surface area contributed by atoms with Crippen molar-refractivity contribution < 1.29 is 0 Å². The highest BCUT2D eigenvalue weighted by Crippen LogP contribution is 2.21.